The van der Waals surface area contributed by atoms with Crippen molar-refractivity contribution in [3.8, 4) is 17.3 Å². The predicted octanol–water partition coefficient (Wildman–Crippen LogP) is 4.80. The van der Waals surface area contributed by atoms with Gasteiger partial charge in [-0.3, -0.25) is 4.72 Å². The third kappa shape index (κ3) is 8.12. The van der Waals surface area contributed by atoms with Gasteiger partial charge in [-0.05, 0) is 91.9 Å². The zero-order valence-electron chi connectivity index (χ0n) is 24.1. The number of nitrogens with one attached hydrogen (secondary N) is 1. The molecule has 1 aliphatic rings. The summed E-state index contributed by atoms with van der Waals surface area (Å²) in [6.45, 7) is 19.8. The number of nitriles is 1. The van der Waals surface area contributed by atoms with Crippen LogP contribution >= 0.6 is 11.9 Å². The molecule has 0 radical (unpaired) electrons. The van der Waals surface area contributed by atoms with Gasteiger partial charge in [-0.15, -0.1) is 0 Å². The number of aromatic nitrogens is 1. The molecule has 0 amide bonds. The Morgan fingerprint density at radius 2 is 1.92 bits per heavy atom. The number of morpholine rings is 1. The monoisotopic (exact) mass is 536 g/mol. The topological polar surface area (TPSA) is 73.5 Å². The van der Waals surface area contributed by atoms with Crippen LogP contribution in [0.1, 0.15) is 53.7 Å². The second-order valence-electron chi connectivity index (χ2n) is 9.66. The Hall–Kier alpha value is -2.76. The molecule has 7 heteroatoms. The van der Waals surface area contributed by atoms with Crippen LogP contribution in [-0.2, 0) is 11.8 Å². The molecule has 38 heavy (non-hydrogen) atoms. The van der Waals surface area contributed by atoms with Gasteiger partial charge in [0.15, 0.2) is 0 Å². The van der Waals surface area contributed by atoms with E-state index in [0.29, 0.717) is 11.3 Å². The molecule has 1 fully saturated rings. The Kier molecular flexibility index (Phi) is 12.4. The minimum atomic E-state index is -0.279. The van der Waals surface area contributed by atoms with Gasteiger partial charge in [-0.2, -0.15) is 5.26 Å². The fourth-order valence-corrected chi connectivity index (χ4v) is 5.02. The van der Waals surface area contributed by atoms with Crippen molar-refractivity contribution in [1.82, 2.24) is 14.2 Å². The Morgan fingerprint density at radius 3 is 2.50 bits per heavy atom. The second-order valence-corrected chi connectivity index (χ2v) is 10.5. The molecule has 1 aromatic carbocycles. The van der Waals surface area contributed by atoms with Crippen LogP contribution in [-0.4, -0.2) is 53.0 Å². The Labute approximate surface area is 233 Å². The van der Waals surface area contributed by atoms with Crippen LogP contribution in [0.3, 0.4) is 0 Å². The summed E-state index contributed by atoms with van der Waals surface area (Å²) >= 11 is 1.32. The van der Waals surface area contributed by atoms with Crippen molar-refractivity contribution in [1.29, 1.82) is 5.26 Å². The highest BCUT2D eigenvalue weighted by Crippen LogP contribution is 2.30. The van der Waals surface area contributed by atoms with E-state index in [-0.39, 0.29) is 12.1 Å². The van der Waals surface area contributed by atoms with Crippen molar-refractivity contribution in [2.45, 2.75) is 53.5 Å². The lowest BCUT2D eigenvalue weighted by Gasteiger charge is -2.29. The summed E-state index contributed by atoms with van der Waals surface area (Å²) in [6.07, 6.45) is 4.94. The van der Waals surface area contributed by atoms with Crippen molar-refractivity contribution in [2.75, 3.05) is 32.9 Å². The molecule has 2 aromatic rings. The van der Waals surface area contributed by atoms with Gasteiger partial charge in [0, 0.05) is 49.4 Å². The quantitative estimate of drug-likeness (QED) is 0.354. The number of aliphatic hydroxyl groups excluding tert-OH is 1. The second kappa shape index (κ2) is 15.0. The molecular weight excluding hydrogens is 492 g/mol. The molecule has 1 aliphatic heterocycles. The van der Waals surface area contributed by atoms with Crippen LogP contribution in [0.5, 0.6) is 0 Å². The first-order valence-electron chi connectivity index (χ1n) is 13.3. The van der Waals surface area contributed by atoms with Crippen molar-refractivity contribution < 1.29 is 9.84 Å². The van der Waals surface area contributed by atoms with Crippen molar-refractivity contribution in [3.05, 3.63) is 63.1 Å². The van der Waals surface area contributed by atoms with E-state index < -0.39 is 0 Å². The van der Waals surface area contributed by atoms with Gasteiger partial charge < -0.3 is 19.3 Å². The van der Waals surface area contributed by atoms with E-state index in [1.807, 2.05) is 41.7 Å². The SMILES string of the molecule is C=c1cc(-c2ccc(/C(C)=C(\C#N)SNC(C)(C)CCO)n2C)cc/c1=C/C(=C\C)N1CCOCC1.CC. The largest absolute Gasteiger partial charge is 0.396 e. The number of hydrogen-bond donors (Lipinski definition) is 2. The molecule has 3 rings (SSSR count). The van der Waals surface area contributed by atoms with Gasteiger partial charge in [-0.1, -0.05) is 38.6 Å². The van der Waals surface area contributed by atoms with Crippen LogP contribution in [0.15, 0.2) is 47.0 Å². The Balaban J connectivity index is 0.00000247. The molecule has 0 spiro atoms. The van der Waals surface area contributed by atoms with E-state index in [4.69, 9.17) is 4.74 Å². The Bertz CT molecular complexity index is 1280. The van der Waals surface area contributed by atoms with E-state index in [0.717, 1.165) is 59.3 Å². The van der Waals surface area contributed by atoms with Crippen molar-refractivity contribution >= 4 is 30.2 Å². The molecule has 0 aliphatic carbocycles. The minimum absolute atomic E-state index is 0.0976. The minimum Gasteiger partial charge on any atom is -0.396 e. The summed E-state index contributed by atoms with van der Waals surface area (Å²) in [6, 6.07) is 12.9. The number of rotatable bonds is 9. The van der Waals surface area contributed by atoms with Gasteiger partial charge in [0.2, 0.25) is 0 Å². The fraction of sp³-hybridized carbons (Fsp3) is 0.452. The van der Waals surface area contributed by atoms with E-state index in [9.17, 15) is 10.4 Å². The molecule has 2 heterocycles. The van der Waals surface area contributed by atoms with Crippen LogP contribution in [0.25, 0.3) is 29.5 Å². The third-order valence-corrected chi connectivity index (χ3v) is 7.78. The average Bonchev–Trinajstić information content (AvgIpc) is 3.30. The van der Waals surface area contributed by atoms with Crippen molar-refractivity contribution in [3.63, 3.8) is 0 Å². The lowest BCUT2D eigenvalue weighted by atomic mass is 10.0. The molecular formula is C31H44N4O2S. The molecule has 1 saturated heterocycles. The van der Waals surface area contributed by atoms with Crippen LogP contribution in [0.4, 0.5) is 0 Å². The first kappa shape index (κ1) is 31.5. The van der Waals surface area contributed by atoms with Gasteiger partial charge in [-0.25, -0.2) is 0 Å². The van der Waals surface area contributed by atoms with Gasteiger partial charge in [0.25, 0.3) is 0 Å². The third-order valence-electron chi connectivity index (χ3n) is 6.53. The predicted molar refractivity (Wildman–Crippen MR) is 162 cm³/mol. The molecule has 0 saturated carbocycles. The maximum atomic E-state index is 9.80. The zero-order valence-corrected chi connectivity index (χ0v) is 24.9. The molecule has 0 unspecified atom stereocenters. The zero-order chi connectivity index (χ0) is 28.3. The van der Waals surface area contributed by atoms with Gasteiger partial charge in [0.1, 0.15) is 11.0 Å². The first-order valence-corrected chi connectivity index (χ1v) is 14.1. The summed E-state index contributed by atoms with van der Waals surface area (Å²) in [5.41, 5.74) is 4.96. The van der Waals surface area contributed by atoms with E-state index >= 15 is 0 Å². The number of ether oxygens (including phenoxy) is 1. The van der Waals surface area contributed by atoms with E-state index in [1.165, 1.54) is 17.6 Å². The van der Waals surface area contributed by atoms with Crippen molar-refractivity contribution in [2.24, 2.45) is 7.05 Å². The smallest absolute Gasteiger partial charge is 0.108 e. The highest BCUT2D eigenvalue weighted by Gasteiger charge is 2.19. The summed E-state index contributed by atoms with van der Waals surface area (Å²) < 4.78 is 10.9. The lowest BCUT2D eigenvalue weighted by molar-refractivity contribution is 0.0561. The standard InChI is InChI=1S/C29H38N4O2S.C2H6/c1-7-25(33-13-16-35-17-14-33)19-23-8-9-24(18-21(23)2)27-11-10-26(32(27)6)22(3)28(20-30)36-31-29(4,5)12-15-34;1-2/h7-11,18-19,31,34H,2,12-17H2,1,3-6H3;1-2H3/b23-19-,25-7+,28-22+;. The molecule has 206 valence electrons. The first-order chi connectivity index (χ1) is 18.2. The Morgan fingerprint density at radius 1 is 1.24 bits per heavy atom. The average molecular weight is 537 g/mol. The maximum Gasteiger partial charge on any atom is 0.108 e. The van der Waals surface area contributed by atoms with E-state index in [2.05, 4.69) is 76.2 Å². The number of aliphatic hydroxyl groups is 1. The lowest BCUT2D eigenvalue weighted by Crippen LogP contribution is -2.36. The van der Waals surface area contributed by atoms with Crippen LogP contribution in [0.2, 0.25) is 0 Å². The molecule has 1 aromatic heterocycles. The number of hydrogen-bond acceptors (Lipinski definition) is 6. The molecule has 0 bridgehead atoms. The highest BCUT2D eigenvalue weighted by atomic mass is 32.2. The maximum absolute atomic E-state index is 9.80. The van der Waals surface area contributed by atoms with Crippen LogP contribution in [0, 0.1) is 11.3 Å². The van der Waals surface area contributed by atoms with Gasteiger partial charge in [0.05, 0.1) is 13.2 Å². The number of benzene rings is 1. The normalized spacial score (nSPS) is 15.5. The number of nitrogens with zero attached hydrogens (tertiary/aromatic N) is 3. The van der Waals surface area contributed by atoms with Crippen LogP contribution < -0.4 is 15.2 Å². The molecule has 0 atom stereocenters. The highest BCUT2D eigenvalue weighted by molar-refractivity contribution is 8.01. The summed E-state index contributed by atoms with van der Waals surface area (Å²) in [4.78, 5) is 2.96. The fourth-order valence-electron chi connectivity index (χ4n) is 4.24. The summed E-state index contributed by atoms with van der Waals surface area (Å²) in [7, 11) is 2.02. The number of allylic oxidation sites excluding steroid dienone is 4. The molecule has 2 N–H and O–H groups in total. The summed E-state index contributed by atoms with van der Waals surface area (Å²) in [5, 5.41) is 21.1. The molecule has 6 nitrogen and oxygen atoms in total. The van der Waals surface area contributed by atoms with E-state index in [1.54, 1.807) is 0 Å². The van der Waals surface area contributed by atoms with Gasteiger partial charge >= 0.3 is 0 Å². The summed E-state index contributed by atoms with van der Waals surface area (Å²) in [5.74, 6) is 0.